The minimum atomic E-state index is -0.500. The van der Waals surface area contributed by atoms with Gasteiger partial charge in [-0.25, -0.2) is 0 Å². The zero-order valence-corrected chi connectivity index (χ0v) is 12.7. The van der Waals surface area contributed by atoms with Gasteiger partial charge < -0.3 is 15.2 Å². The lowest BCUT2D eigenvalue weighted by Gasteiger charge is -2.39. The first-order valence-corrected chi connectivity index (χ1v) is 6.56. The second-order valence-electron chi connectivity index (χ2n) is 6.53. The molecule has 4 heteroatoms. The molecule has 0 saturated carbocycles. The molecular formula is C14H29NO3. The van der Waals surface area contributed by atoms with Crippen LogP contribution in [0.25, 0.3) is 0 Å². The fraction of sp³-hybridized carbons (Fsp3) is 0.929. The molecule has 0 fully saturated rings. The second kappa shape index (κ2) is 7.10. The van der Waals surface area contributed by atoms with E-state index >= 15 is 0 Å². The molecule has 4 nitrogen and oxygen atoms in total. The summed E-state index contributed by atoms with van der Waals surface area (Å²) in [5.41, 5.74) is 0.353. The number of carbonyl (C=O) groups is 1. The van der Waals surface area contributed by atoms with E-state index < -0.39 is 6.10 Å². The predicted octanol–water partition coefficient (Wildman–Crippen LogP) is 1.96. The number of aliphatic hydroxyl groups is 1. The van der Waals surface area contributed by atoms with Gasteiger partial charge in [-0.15, -0.1) is 0 Å². The van der Waals surface area contributed by atoms with Crippen molar-refractivity contribution in [3.05, 3.63) is 0 Å². The van der Waals surface area contributed by atoms with Crippen LogP contribution < -0.4 is 5.32 Å². The molecule has 0 aromatic heterocycles. The van der Waals surface area contributed by atoms with Gasteiger partial charge >= 0.3 is 5.97 Å². The third-order valence-electron chi connectivity index (χ3n) is 3.89. The largest absolute Gasteiger partial charge is 0.469 e. The SMILES string of the molecule is COC(=O)CCC(O)CNCC(C)(C)C(C)(C)C. The van der Waals surface area contributed by atoms with Crippen molar-refractivity contribution in [2.45, 2.75) is 53.6 Å². The molecule has 0 aliphatic rings. The van der Waals surface area contributed by atoms with Crippen molar-refractivity contribution in [2.75, 3.05) is 20.2 Å². The summed E-state index contributed by atoms with van der Waals surface area (Å²) in [6.07, 6.45) is 0.206. The van der Waals surface area contributed by atoms with Crippen LogP contribution >= 0.6 is 0 Å². The Labute approximate surface area is 111 Å². The van der Waals surface area contributed by atoms with Crippen LogP contribution in [-0.2, 0) is 9.53 Å². The first-order chi connectivity index (χ1) is 8.10. The van der Waals surface area contributed by atoms with Crippen molar-refractivity contribution in [1.29, 1.82) is 0 Å². The van der Waals surface area contributed by atoms with Crippen molar-refractivity contribution in [2.24, 2.45) is 10.8 Å². The average molecular weight is 259 g/mol. The smallest absolute Gasteiger partial charge is 0.305 e. The molecule has 1 unspecified atom stereocenters. The highest BCUT2D eigenvalue weighted by molar-refractivity contribution is 5.69. The summed E-state index contributed by atoms with van der Waals surface area (Å²) in [4.78, 5) is 10.9. The van der Waals surface area contributed by atoms with Gasteiger partial charge in [0.2, 0.25) is 0 Å². The Kier molecular flexibility index (Phi) is 6.86. The summed E-state index contributed by atoms with van der Waals surface area (Å²) in [5, 5.41) is 13.0. The number of nitrogens with one attached hydrogen (secondary N) is 1. The van der Waals surface area contributed by atoms with E-state index in [9.17, 15) is 9.90 Å². The molecule has 0 rings (SSSR count). The Morgan fingerprint density at radius 3 is 2.28 bits per heavy atom. The van der Waals surface area contributed by atoms with Crippen LogP contribution in [0.4, 0.5) is 0 Å². The van der Waals surface area contributed by atoms with Gasteiger partial charge in [0, 0.05) is 19.5 Å². The van der Waals surface area contributed by atoms with E-state index in [0.29, 0.717) is 13.0 Å². The van der Waals surface area contributed by atoms with Crippen LogP contribution in [0.2, 0.25) is 0 Å². The highest BCUT2D eigenvalue weighted by Crippen LogP contribution is 2.36. The third-order valence-corrected chi connectivity index (χ3v) is 3.89. The highest BCUT2D eigenvalue weighted by atomic mass is 16.5. The number of hydrogen-bond acceptors (Lipinski definition) is 4. The summed E-state index contributed by atoms with van der Waals surface area (Å²) in [5.74, 6) is -0.274. The summed E-state index contributed by atoms with van der Waals surface area (Å²) in [6, 6.07) is 0. The summed E-state index contributed by atoms with van der Waals surface area (Å²) < 4.78 is 4.53. The summed E-state index contributed by atoms with van der Waals surface area (Å²) in [7, 11) is 1.36. The molecule has 0 amide bonds. The number of ether oxygens (including phenoxy) is 1. The average Bonchev–Trinajstić information content (AvgIpc) is 2.24. The van der Waals surface area contributed by atoms with Crippen molar-refractivity contribution in [1.82, 2.24) is 5.32 Å². The van der Waals surface area contributed by atoms with Crippen molar-refractivity contribution in [3.63, 3.8) is 0 Å². The number of carbonyl (C=O) groups excluding carboxylic acids is 1. The maximum atomic E-state index is 10.9. The molecule has 0 heterocycles. The van der Waals surface area contributed by atoms with Crippen molar-refractivity contribution in [3.8, 4) is 0 Å². The van der Waals surface area contributed by atoms with E-state index in [4.69, 9.17) is 0 Å². The van der Waals surface area contributed by atoms with Crippen molar-refractivity contribution >= 4 is 5.97 Å². The fourth-order valence-electron chi connectivity index (χ4n) is 1.31. The van der Waals surface area contributed by atoms with Gasteiger partial charge in [-0.1, -0.05) is 34.6 Å². The first-order valence-electron chi connectivity index (χ1n) is 6.56. The lowest BCUT2D eigenvalue weighted by atomic mass is 9.69. The van der Waals surface area contributed by atoms with E-state index in [1.165, 1.54) is 7.11 Å². The molecule has 0 aromatic carbocycles. The Balaban J connectivity index is 3.88. The quantitative estimate of drug-likeness (QED) is 0.686. The summed E-state index contributed by atoms with van der Waals surface area (Å²) >= 11 is 0. The standard InChI is InChI=1S/C14H29NO3/c1-13(2,3)14(4,5)10-15-9-11(16)7-8-12(17)18-6/h11,15-16H,7-10H2,1-6H3. The Bertz CT molecular complexity index is 256. The van der Waals surface area contributed by atoms with Crippen LogP contribution in [-0.4, -0.2) is 37.4 Å². The molecule has 108 valence electrons. The molecule has 1 atom stereocenters. The molecule has 0 saturated heterocycles. The molecule has 0 radical (unpaired) electrons. The van der Waals surface area contributed by atoms with E-state index in [2.05, 4.69) is 44.7 Å². The number of esters is 1. The van der Waals surface area contributed by atoms with Gasteiger partial charge in [-0.2, -0.15) is 0 Å². The van der Waals surface area contributed by atoms with E-state index in [-0.39, 0.29) is 23.2 Å². The van der Waals surface area contributed by atoms with Gasteiger partial charge in [0.1, 0.15) is 0 Å². The molecular weight excluding hydrogens is 230 g/mol. The fourth-order valence-corrected chi connectivity index (χ4v) is 1.31. The Morgan fingerprint density at radius 2 is 1.83 bits per heavy atom. The second-order valence-corrected chi connectivity index (χ2v) is 6.53. The predicted molar refractivity (Wildman–Crippen MR) is 73.4 cm³/mol. The van der Waals surface area contributed by atoms with Crippen LogP contribution in [0, 0.1) is 10.8 Å². The first kappa shape index (κ1) is 17.4. The van der Waals surface area contributed by atoms with E-state index in [1.807, 2.05) is 0 Å². The monoisotopic (exact) mass is 259 g/mol. The Morgan fingerprint density at radius 1 is 1.28 bits per heavy atom. The molecule has 0 aliphatic heterocycles. The lowest BCUT2D eigenvalue weighted by molar-refractivity contribution is -0.141. The van der Waals surface area contributed by atoms with Crippen LogP contribution in [0.5, 0.6) is 0 Å². The van der Waals surface area contributed by atoms with Crippen LogP contribution in [0.3, 0.4) is 0 Å². The zero-order valence-electron chi connectivity index (χ0n) is 12.7. The number of hydrogen-bond donors (Lipinski definition) is 2. The maximum absolute atomic E-state index is 10.9. The minimum absolute atomic E-state index is 0.148. The van der Waals surface area contributed by atoms with Gasteiger partial charge in [0.25, 0.3) is 0 Å². The van der Waals surface area contributed by atoms with Crippen LogP contribution in [0.1, 0.15) is 47.5 Å². The normalized spacial score (nSPS) is 14.4. The lowest BCUT2D eigenvalue weighted by Crippen LogP contribution is -2.41. The van der Waals surface area contributed by atoms with Gasteiger partial charge in [-0.3, -0.25) is 4.79 Å². The number of rotatable bonds is 7. The third kappa shape index (κ3) is 6.36. The molecule has 0 aromatic rings. The zero-order chi connectivity index (χ0) is 14.4. The molecule has 18 heavy (non-hydrogen) atoms. The molecule has 0 spiro atoms. The minimum Gasteiger partial charge on any atom is -0.469 e. The topological polar surface area (TPSA) is 58.6 Å². The van der Waals surface area contributed by atoms with Crippen molar-refractivity contribution < 1.29 is 14.6 Å². The van der Waals surface area contributed by atoms with Gasteiger partial charge in [0.05, 0.1) is 13.2 Å². The summed E-state index contributed by atoms with van der Waals surface area (Å²) in [6.45, 7) is 12.4. The molecule has 2 N–H and O–H groups in total. The maximum Gasteiger partial charge on any atom is 0.305 e. The van der Waals surface area contributed by atoms with Gasteiger partial charge in [0.15, 0.2) is 0 Å². The van der Waals surface area contributed by atoms with E-state index in [0.717, 1.165) is 6.54 Å². The highest BCUT2D eigenvalue weighted by Gasteiger charge is 2.32. The van der Waals surface area contributed by atoms with E-state index in [1.54, 1.807) is 0 Å². The number of methoxy groups -OCH3 is 1. The molecule has 0 aliphatic carbocycles. The molecule has 0 bridgehead atoms. The Hall–Kier alpha value is -0.610. The number of aliphatic hydroxyl groups excluding tert-OH is 1. The van der Waals surface area contributed by atoms with Gasteiger partial charge in [-0.05, 0) is 17.3 Å². The van der Waals surface area contributed by atoms with Crippen LogP contribution in [0.15, 0.2) is 0 Å².